The molecule has 2 rings (SSSR count). The summed E-state index contributed by atoms with van der Waals surface area (Å²) in [7, 11) is 0. The monoisotopic (exact) mass is 702 g/mol. The van der Waals surface area contributed by atoms with Gasteiger partial charge in [-0.1, -0.05) is 50.7 Å². The quantitative estimate of drug-likeness (QED) is 0.0514. The highest BCUT2D eigenvalue weighted by Gasteiger charge is 2.50. The number of aliphatic hydroxyl groups is 5. The molecule has 0 heterocycles. The van der Waals surface area contributed by atoms with Crippen LogP contribution in [0.5, 0.6) is 0 Å². The second-order valence-corrected chi connectivity index (χ2v) is 13.8. The van der Waals surface area contributed by atoms with Crippen LogP contribution in [0.25, 0.3) is 0 Å². The zero-order valence-corrected chi connectivity index (χ0v) is 29.6. The molecule has 0 aromatic carbocycles. The summed E-state index contributed by atoms with van der Waals surface area (Å²) in [6, 6.07) is 0. The van der Waals surface area contributed by atoms with Gasteiger partial charge in [-0.05, 0) is 58.3 Å². The fraction of sp³-hybridized carbons (Fsp3) is 0.861. The van der Waals surface area contributed by atoms with Gasteiger partial charge in [0.2, 0.25) is 0 Å². The molecule has 0 radical (unpaired) electrons. The van der Waals surface area contributed by atoms with E-state index in [1.807, 2.05) is 6.92 Å². The summed E-state index contributed by atoms with van der Waals surface area (Å²) in [6.07, 6.45) is 6.63. The van der Waals surface area contributed by atoms with Gasteiger partial charge in [0.1, 0.15) is 24.4 Å². The Kier molecular flexibility index (Phi) is 20.5. The van der Waals surface area contributed by atoms with Crippen LogP contribution in [0.1, 0.15) is 117 Å². The molecule has 0 spiro atoms. The van der Waals surface area contributed by atoms with Gasteiger partial charge < -0.3 is 49.6 Å². The molecule has 13 heteroatoms. The lowest BCUT2D eigenvalue weighted by Gasteiger charge is -2.47. The van der Waals surface area contributed by atoms with Crippen LogP contribution in [0.4, 0.5) is 0 Å². The lowest BCUT2D eigenvalue weighted by Crippen LogP contribution is -2.61. The van der Waals surface area contributed by atoms with Gasteiger partial charge in [0.15, 0.2) is 0 Å². The van der Waals surface area contributed by atoms with Crippen LogP contribution < -0.4 is 0 Å². The van der Waals surface area contributed by atoms with E-state index in [-0.39, 0.29) is 38.6 Å². The van der Waals surface area contributed by atoms with Gasteiger partial charge in [-0.3, -0.25) is 14.4 Å². The smallest absolute Gasteiger partial charge is 0.303 e. The zero-order valence-electron chi connectivity index (χ0n) is 29.6. The molecule has 0 amide bonds. The molecule has 0 aromatic rings. The second kappa shape index (κ2) is 23.4. The maximum atomic E-state index is 11.5. The summed E-state index contributed by atoms with van der Waals surface area (Å²) >= 11 is 0. The highest BCUT2D eigenvalue weighted by Crippen LogP contribution is 2.36. The van der Waals surface area contributed by atoms with Crippen molar-refractivity contribution in [3.8, 4) is 0 Å². The fourth-order valence-electron chi connectivity index (χ4n) is 6.68. The molecule has 2 saturated carbocycles. The van der Waals surface area contributed by atoms with Gasteiger partial charge in [-0.25, -0.2) is 0 Å². The van der Waals surface area contributed by atoms with E-state index in [2.05, 4.69) is 12.2 Å². The molecule has 0 bridgehead atoms. The first kappa shape index (κ1) is 43.0. The topological polar surface area (TPSA) is 210 Å². The number of carboxylic acid groups (broad SMARTS) is 1. The Morgan fingerprint density at radius 2 is 1.14 bits per heavy atom. The molecule has 6 N–H and O–H groups in total. The van der Waals surface area contributed by atoms with Crippen LogP contribution in [-0.2, 0) is 33.3 Å². The van der Waals surface area contributed by atoms with Gasteiger partial charge in [-0.15, -0.1) is 0 Å². The number of hydrogen-bond donors (Lipinski definition) is 6. The number of esters is 2. The van der Waals surface area contributed by atoms with Crippen LogP contribution in [0, 0.1) is 11.8 Å². The lowest BCUT2D eigenvalue weighted by atomic mass is 9.79. The van der Waals surface area contributed by atoms with Crippen LogP contribution in [0.15, 0.2) is 12.2 Å². The van der Waals surface area contributed by atoms with E-state index in [0.717, 1.165) is 77.0 Å². The molecule has 0 aliphatic heterocycles. The van der Waals surface area contributed by atoms with E-state index < -0.39 is 78.6 Å². The van der Waals surface area contributed by atoms with Crippen molar-refractivity contribution in [2.75, 3.05) is 13.2 Å². The Balaban J connectivity index is 1.85. The normalized spacial score (nSPS) is 31.0. The zero-order chi connectivity index (χ0) is 36.3. The highest BCUT2D eigenvalue weighted by molar-refractivity contribution is 5.66. The third-order valence-electron chi connectivity index (χ3n) is 9.57. The molecule has 2 aliphatic carbocycles. The summed E-state index contributed by atoms with van der Waals surface area (Å²) in [6.45, 7) is 4.11. The van der Waals surface area contributed by atoms with E-state index in [9.17, 15) is 39.9 Å². The van der Waals surface area contributed by atoms with Crippen molar-refractivity contribution in [2.24, 2.45) is 11.8 Å². The molecular formula is C36H62O13. The average Bonchev–Trinajstić information content (AvgIpc) is 3.04. The molecule has 284 valence electrons. The molecule has 13 nitrogen and oxygen atoms in total. The number of hydrogen-bond acceptors (Lipinski definition) is 12. The largest absolute Gasteiger partial charge is 0.481 e. The number of allylic oxidation sites excluding steroid dienone is 2. The maximum absolute atomic E-state index is 11.5. The van der Waals surface area contributed by atoms with E-state index in [1.165, 1.54) is 13.8 Å². The number of carboxylic acids is 1. The molecule has 2 fully saturated rings. The molecule has 5 unspecified atom stereocenters. The molecule has 49 heavy (non-hydrogen) atoms. The summed E-state index contributed by atoms with van der Waals surface area (Å²) in [5.41, 5.74) is 0. The third kappa shape index (κ3) is 16.2. The lowest BCUT2D eigenvalue weighted by molar-refractivity contribution is -0.252. The SMILES string of the molecule is CC(=O)OCC1C[C@@H](O[C@H]2C(O)[C@H](O)C(COC(C)=O)C[C@H]2OC(C)CCCCCC/C=C\CCCCCCCC(=O)O)[C@@H](O)C(O)[C@@H]1O. The number of carbonyl (C=O) groups is 3. The molecular weight excluding hydrogens is 640 g/mol. The van der Waals surface area contributed by atoms with Gasteiger partial charge in [0, 0.05) is 32.1 Å². The number of carbonyl (C=O) groups excluding carboxylic acids is 2. The first-order valence-corrected chi connectivity index (χ1v) is 18.2. The highest BCUT2D eigenvalue weighted by atomic mass is 16.6. The van der Waals surface area contributed by atoms with Crippen LogP contribution in [0.3, 0.4) is 0 Å². The third-order valence-corrected chi connectivity index (χ3v) is 9.57. The standard InChI is InChI=1S/C36H62O13/c1-23(17-15-13-11-9-7-5-4-6-8-10-12-14-16-18-30(39)40)48-29-20-27(22-47-25(3)38)32(42)35(45)36(29)49-28-19-26(21-46-24(2)37)31(41)34(44)33(28)43/h4-5,23,26-29,31-36,41-45H,6-22H2,1-3H3,(H,39,40)/b5-4-/t23?,26?,27?,28-,29-,31-,32-,33-,34?,35?,36-/m1/s1. The first-order valence-electron chi connectivity index (χ1n) is 18.2. The molecule has 11 atom stereocenters. The molecule has 0 aromatic heterocycles. The summed E-state index contributed by atoms with van der Waals surface area (Å²) < 4.78 is 22.7. The minimum absolute atomic E-state index is 0.0243. The van der Waals surface area contributed by atoms with Crippen LogP contribution in [-0.4, -0.2) is 117 Å². The van der Waals surface area contributed by atoms with Crippen molar-refractivity contribution in [2.45, 2.75) is 172 Å². The summed E-state index contributed by atoms with van der Waals surface area (Å²) in [5.74, 6) is -3.14. The number of aliphatic carboxylic acids is 1. The number of rotatable bonds is 23. The minimum Gasteiger partial charge on any atom is -0.481 e. The summed E-state index contributed by atoms with van der Waals surface area (Å²) in [5, 5.41) is 62.5. The second-order valence-electron chi connectivity index (χ2n) is 13.8. The van der Waals surface area contributed by atoms with Crippen molar-refractivity contribution in [3.63, 3.8) is 0 Å². The molecule has 0 saturated heterocycles. The van der Waals surface area contributed by atoms with Gasteiger partial charge in [0.05, 0.1) is 43.7 Å². The fourth-order valence-corrected chi connectivity index (χ4v) is 6.68. The Hall–Kier alpha value is -2.13. The van der Waals surface area contributed by atoms with Gasteiger partial charge >= 0.3 is 17.9 Å². The Bertz CT molecular complexity index is 990. The predicted molar refractivity (Wildman–Crippen MR) is 179 cm³/mol. The van der Waals surface area contributed by atoms with Crippen molar-refractivity contribution in [1.29, 1.82) is 0 Å². The first-order chi connectivity index (χ1) is 23.3. The Labute approximate surface area is 291 Å². The Morgan fingerprint density at radius 1 is 0.653 bits per heavy atom. The average molecular weight is 703 g/mol. The molecule has 2 aliphatic rings. The van der Waals surface area contributed by atoms with Crippen LogP contribution in [0.2, 0.25) is 0 Å². The van der Waals surface area contributed by atoms with E-state index in [0.29, 0.717) is 0 Å². The van der Waals surface area contributed by atoms with E-state index in [4.69, 9.17) is 24.1 Å². The van der Waals surface area contributed by atoms with E-state index in [1.54, 1.807) is 0 Å². The van der Waals surface area contributed by atoms with Crippen molar-refractivity contribution in [1.82, 2.24) is 0 Å². The minimum atomic E-state index is -1.58. The van der Waals surface area contributed by atoms with E-state index >= 15 is 0 Å². The van der Waals surface area contributed by atoms with Gasteiger partial charge in [-0.2, -0.15) is 0 Å². The number of ether oxygens (including phenoxy) is 4. The van der Waals surface area contributed by atoms with Crippen molar-refractivity contribution in [3.05, 3.63) is 12.2 Å². The number of unbranched alkanes of at least 4 members (excludes halogenated alkanes) is 9. The summed E-state index contributed by atoms with van der Waals surface area (Å²) in [4.78, 5) is 33.4. The predicted octanol–water partition coefficient (Wildman–Crippen LogP) is 3.20. The van der Waals surface area contributed by atoms with Crippen LogP contribution >= 0.6 is 0 Å². The van der Waals surface area contributed by atoms with Crippen molar-refractivity contribution < 1.29 is 64.0 Å². The maximum Gasteiger partial charge on any atom is 0.303 e. The Morgan fingerprint density at radius 3 is 1.69 bits per heavy atom. The van der Waals surface area contributed by atoms with Gasteiger partial charge in [0.25, 0.3) is 0 Å². The van der Waals surface area contributed by atoms with Crippen molar-refractivity contribution >= 4 is 17.9 Å². The number of aliphatic hydroxyl groups excluding tert-OH is 5.